The van der Waals surface area contributed by atoms with Gasteiger partial charge in [-0.1, -0.05) is 27.7 Å². The van der Waals surface area contributed by atoms with E-state index in [1.807, 2.05) is 27.7 Å². The molecule has 166 valence electrons. The molecule has 1 rings (SSSR count). The Bertz CT molecular complexity index is 606. The number of aliphatic carboxylic acids is 1. The Balaban J connectivity index is 2.89. The monoisotopic (exact) mass is 412 g/mol. The largest absolute Gasteiger partial charge is 0.480 e. The van der Waals surface area contributed by atoms with Gasteiger partial charge >= 0.3 is 5.97 Å². The Kier molecular flexibility index (Phi) is 9.55. The van der Waals surface area contributed by atoms with Crippen molar-refractivity contribution in [3.05, 3.63) is 0 Å². The highest BCUT2D eigenvalue weighted by atomic mass is 16.4. The molecule has 4 unspecified atom stereocenters. The Morgan fingerprint density at radius 2 is 1.55 bits per heavy atom. The van der Waals surface area contributed by atoms with Crippen LogP contribution in [-0.4, -0.2) is 64.4 Å². The summed E-state index contributed by atoms with van der Waals surface area (Å²) in [6.45, 7) is 9.60. The summed E-state index contributed by atoms with van der Waals surface area (Å²) in [7, 11) is 0. The molecule has 1 fully saturated rings. The molecule has 1 aliphatic rings. The Labute approximate surface area is 172 Å². The molecule has 0 radical (unpaired) electrons. The number of carbonyl (C=O) groups is 4. The molecule has 1 aliphatic heterocycles. The minimum atomic E-state index is -1.11. The number of carbonyl (C=O) groups excluding carboxylic acids is 3. The average Bonchev–Trinajstić information content (AvgIpc) is 3.08. The van der Waals surface area contributed by atoms with Crippen LogP contribution in [0.15, 0.2) is 0 Å². The minimum Gasteiger partial charge on any atom is -0.480 e. The molecule has 0 bridgehead atoms. The smallest absolute Gasteiger partial charge is 0.326 e. The van der Waals surface area contributed by atoms with Crippen LogP contribution in [-0.2, 0) is 19.2 Å². The number of nitrogens with zero attached hydrogens (tertiary/aromatic N) is 1. The Morgan fingerprint density at radius 1 is 1.00 bits per heavy atom. The van der Waals surface area contributed by atoms with E-state index in [1.165, 1.54) is 4.90 Å². The second-order valence-corrected chi connectivity index (χ2v) is 8.70. The maximum atomic E-state index is 12.8. The average molecular weight is 413 g/mol. The van der Waals surface area contributed by atoms with Crippen molar-refractivity contribution in [3.63, 3.8) is 0 Å². The van der Waals surface area contributed by atoms with Gasteiger partial charge in [-0.25, -0.2) is 4.79 Å². The minimum absolute atomic E-state index is 0.0888. The van der Waals surface area contributed by atoms with E-state index in [-0.39, 0.29) is 17.7 Å². The van der Waals surface area contributed by atoms with Gasteiger partial charge in [0.2, 0.25) is 17.7 Å². The van der Waals surface area contributed by atoms with Gasteiger partial charge in [-0.2, -0.15) is 0 Å². The highest BCUT2D eigenvalue weighted by Crippen LogP contribution is 2.19. The molecule has 0 spiro atoms. The van der Waals surface area contributed by atoms with E-state index >= 15 is 0 Å². The van der Waals surface area contributed by atoms with Crippen LogP contribution in [0.5, 0.6) is 0 Å². The van der Waals surface area contributed by atoms with Crippen LogP contribution in [0.1, 0.15) is 60.3 Å². The molecule has 9 nitrogen and oxygen atoms in total. The topological polar surface area (TPSA) is 142 Å². The van der Waals surface area contributed by atoms with Gasteiger partial charge < -0.3 is 26.4 Å². The van der Waals surface area contributed by atoms with Crippen molar-refractivity contribution in [2.45, 2.75) is 84.5 Å². The fraction of sp³-hybridized carbons (Fsp3) is 0.800. The number of likely N-dealkylation sites (tertiary alicyclic amines) is 1. The normalized spacial score (nSPS) is 19.7. The summed E-state index contributed by atoms with van der Waals surface area (Å²) in [5.41, 5.74) is 5.67. The first-order chi connectivity index (χ1) is 13.4. The van der Waals surface area contributed by atoms with E-state index in [9.17, 15) is 24.3 Å². The molecule has 1 saturated heterocycles. The first-order valence-corrected chi connectivity index (χ1v) is 10.3. The molecular formula is C20H36N4O5. The number of rotatable bonds is 10. The van der Waals surface area contributed by atoms with Gasteiger partial charge in [0.1, 0.15) is 18.1 Å². The lowest BCUT2D eigenvalue weighted by Gasteiger charge is -2.28. The molecular weight excluding hydrogens is 376 g/mol. The van der Waals surface area contributed by atoms with Crippen LogP contribution in [0.4, 0.5) is 0 Å². The predicted molar refractivity (Wildman–Crippen MR) is 109 cm³/mol. The van der Waals surface area contributed by atoms with E-state index < -0.39 is 42.0 Å². The van der Waals surface area contributed by atoms with Crippen molar-refractivity contribution in [1.29, 1.82) is 0 Å². The van der Waals surface area contributed by atoms with Gasteiger partial charge in [-0.3, -0.25) is 14.4 Å². The van der Waals surface area contributed by atoms with E-state index in [0.29, 0.717) is 32.2 Å². The number of nitrogens with two attached hydrogens (primary N) is 1. The second-order valence-electron chi connectivity index (χ2n) is 8.70. The van der Waals surface area contributed by atoms with Crippen molar-refractivity contribution in [1.82, 2.24) is 15.5 Å². The van der Waals surface area contributed by atoms with Crippen LogP contribution in [0.2, 0.25) is 0 Å². The highest BCUT2D eigenvalue weighted by molar-refractivity contribution is 5.94. The zero-order chi connectivity index (χ0) is 22.3. The lowest BCUT2D eigenvalue weighted by molar-refractivity contribution is -0.143. The molecule has 3 amide bonds. The summed E-state index contributed by atoms with van der Waals surface area (Å²) >= 11 is 0. The van der Waals surface area contributed by atoms with Crippen molar-refractivity contribution in [3.8, 4) is 0 Å². The van der Waals surface area contributed by atoms with Crippen molar-refractivity contribution >= 4 is 23.7 Å². The summed E-state index contributed by atoms with van der Waals surface area (Å²) in [4.78, 5) is 50.8. The Morgan fingerprint density at radius 3 is 2.03 bits per heavy atom. The molecule has 0 aromatic carbocycles. The number of carboxylic acid groups (broad SMARTS) is 1. The second kappa shape index (κ2) is 11.1. The van der Waals surface area contributed by atoms with Gasteiger partial charge in [0.05, 0.1) is 6.04 Å². The lowest BCUT2D eigenvalue weighted by atomic mass is 10.00. The quantitative estimate of drug-likeness (QED) is 0.411. The third kappa shape index (κ3) is 7.64. The zero-order valence-electron chi connectivity index (χ0n) is 18.1. The van der Waals surface area contributed by atoms with Crippen molar-refractivity contribution in [2.75, 3.05) is 6.54 Å². The lowest BCUT2D eigenvalue weighted by Crippen LogP contribution is -2.56. The fourth-order valence-corrected chi connectivity index (χ4v) is 3.50. The molecule has 1 heterocycles. The van der Waals surface area contributed by atoms with Gasteiger partial charge in [0, 0.05) is 6.54 Å². The predicted octanol–water partition coefficient (Wildman–Crippen LogP) is 0.471. The summed E-state index contributed by atoms with van der Waals surface area (Å²) in [5, 5.41) is 14.7. The van der Waals surface area contributed by atoms with Gasteiger partial charge in [0.15, 0.2) is 0 Å². The summed E-state index contributed by atoms with van der Waals surface area (Å²) < 4.78 is 0. The summed E-state index contributed by atoms with van der Waals surface area (Å²) in [6, 6.07) is -3.26. The van der Waals surface area contributed by atoms with Gasteiger partial charge in [-0.05, 0) is 44.4 Å². The number of amides is 3. The molecule has 4 atom stereocenters. The van der Waals surface area contributed by atoms with Crippen molar-refractivity contribution in [2.24, 2.45) is 17.6 Å². The molecule has 9 heteroatoms. The molecule has 0 aromatic heterocycles. The molecule has 5 N–H and O–H groups in total. The zero-order valence-corrected chi connectivity index (χ0v) is 18.1. The number of hydrogen-bond acceptors (Lipinski definition) is 5. The first-order valence-electron chi connectivity index (χ1n) is 10.3. The van der Waals surface area contributed by atoms with Gasteiger partial charge in [-0.15, -0.1) is 0 Å². The summed E-state index contributed by atoms with van der Waals surface area (Å²) in [5.74, 6) is -2.14. The first kappa shape index (κ1) is 24.9. The van der Waals surface area contributed by atoms with Crippen LogP contribution < -0.4 is 16.4 Å². The fourth-order valence-electron chi connectivity index (χ4n) is 3.50. The van der Waals surface area contributed by atoms with Crippen LogP contribution >= 0.6 is 0 Å². The maximum absolute atomic E-state index is 12.8. The van der Waals surface area contributed by atoms with E-state index in [0.717, 1.165) is 0 Å². The standard InChI is InChI=1S/C20H36N4O5/c1-11(2)9-14(17(25)23-15(20(28)29)10-12(3)4)22-18(26)16-7-6-8-24(16)19(27)13(5)21/h11-16H,6-10,21H2,1-5H3,(H,22,26)(H,23,25)(H,28,29). The SMILES string of the molecule is CC(C)CC(NC(=O)C(CC(C)C)NC(=O)C1CCCN1C(=O)C(C)N)C(=O)O. The van der Waals surface area contributed by atoms with Gasteiger partial charge in [0.25, 0.3) is 0 Å². The Hall–Kier alpha value is -2.16. The number of hydrogen-bond donors (Lipinski definition) is 4. The third-order valence-electron chi connectivity index (χ3n) is 4.89. The summed E-state index contributed by atoms with van der Waals surface area (Å²) in [6.07, 6.45) is 1.85. The molecule has 0 saturated carbocycles. The van der Waals surface area contributed by atoms with E-state index in [2.05, 4.69) is 10.6 Å². The third-order valence-corrected chi connectivity index (χ3v) is 4.89. The number of nitrogens with one attached hydrogen (secondary N) is 2. The maximum Gasteiger partial charge on any atom is 0.326 e. The highest BCUT2D eigenvalue weighted by Gasteiger charge is 2.37. The molecule has 29 heavy (non-hydrogen) atoms. The molecule has 0 aliphatic carbocycles. The van der Waals surface area contributed by atoms with Crippen molar-refractivity contribution < 1.29 is 24.3 Å². The molecule has 0 aromatic rings. The van der Waals surface area contributed by atoms with Crippen LogP contribution in [0, 0.1) is 11.8 Å². The van der Waals surface area contributed by atoms with Crippen LogP contribution in [0.25, 0.3) is 0 Å². The van der Waals surface area contributed by atoms with E-state index in [4.69, 9.17) is 5.73 Å². The number of carboxylic acids is 1. The van der Waals surface area contributed by atoms with E-state index in [1.54, 1.807) is 6.92 Å². The van der Waals surface area contributed by atoms with Crippen LogP contribution in [0.3, 0.4) is 0 Å².